The summed E-state index contributed by atoms with van der Waals surface area (Å²) in [6.07, 6.45) is 4.28. The molecule has 0 saturated carbocycles. The Balaban J connectivity index is 3.34. The van der Waals surface area contributed by atoms with Crippen LogP contribution in [0, 0.1) is 23.7 Å². The van der Waals surface area contributed by atoms with E-state index < -0.39 is 71.7 Å². The molecule has 5 amide bonds. The van der Waals surface area contributed by atoms with Crippen LogP contribution in [0.2, 0.25) is 0 Å². The van der Waals surface area contributed by atoms with Gasteiger partial charge in [-0.3, -0.25) is 24.0 Å². The monoisotopic (exact) mass is 609 g/mol. The summed E-state index contributed by atoms with van der Waals surface area (Å²) in [6.45, 7) is 15.5. The normalized spacial score (nSPS) is 28.0. The maximum Gasteiger partial charge on any atom is 0.328 e. The zero-order valence-electron chi connectivity index (χ0n) is 27.5. The van der Waals surface area contributed by atoms with Gasteiger partial charge in [0, 0.05) is 0 Å². The van der Waals surface area contributed by atoms with Crippen LogP contribution >= 0.6 is 0 Å². The molecule has 1 heterocycles. The fourth-order valence-electron chi connectivity index (χ4n) is 4.98. The predicted octanol–water partition coefficient (Wildman–Crippen LogP) is 1.95. The molecule has 0 aromatic rings. The first-order chi connectivity index (χ1) is 20.1. The topological polar surface area (TPSA) is 172 Å². The third-order valence-electron chi connectivity index (χ3n) is 7.73. The highest BCUT2D eigenvalue weighted by Crippen LogP contribution is 2.24. The number of carbonyl (C=O) groups is 6. The first-order valence-corrected chi connectivity index (χ1v) is 15.8. The molecule has 12 heteroatoms. The average Bonchev–Trinajstić information content (AvgIpc) is 2.93. The van der Waals surface area contributed by atoms with Gasteiger partial charge in [-0.25, -0.2) is 4.79 Å². The Hall–Kier alpha value is -3.18. The minimum Gasteiger partial charge on any atom is -0.460 e. The molecule has 0 aromatic heterocycles. The van der Waals surface area contributed by atoms with E-state index in [2.05, 4.69) is 33.5 Å². The number of unbranched alkanes of at least 4 members (excludes halogenated alkanes) is 3. The highest BCUT2D eigenvalue weighted by Gasteiger charge is 2.35. The summed E-state index contributed by atoms with van der Waals surface area (Å²) in [5.41, 5.74) is 0. The number of carbonyl (C=O) groups excluding carboxylic acids is 6. The second-order valence-corrected chi connectivity index (χ2v) is 12.7. The van der Waals surface area contributed by atoms with E-state index in [1.165, 1.54) is 13.8 Å². The maximum atomic E-state index is 13.2. The fraction of sp³-hybridized carbons (Fsp3) is 0.806. The van der Waals surface area contributed by atoms with Crippen LogP contribution in [-0.4, -0.2) is 72.3 Å². The second-order valence-electron chi connectivity index (χ2n) is 12.7. The number of rotatable bonds is 9. The van der Waals surface area contributed by atoms with Crippen LogP contribution in [0.3, 0.4) is 0 Å². The number of hydrogen-bond donors (Lipinski definition) is 5. The summed E-state index contributed by atoms with van der Waals surface area (Å²) in [4.78, 5) is 78.4. The second kappa shape index (κ2) is 18.5. The van der Waals surface area contributed by atoms with Crippen molar-refractivity contribution in [1.82, 2.24) is 26.6 Å². The quantitative estimate of drug-likeness (QED) is 0.196. The van der Waals surface area contributed by atoms with Crippen molar-refractivity contribution >= 4 is 35.5 Å². The van der Waals surface area contributed by atoms with Crippen molar-refractivity contribution in [2.75, 3.05) is 6.54 Å². The molecule has 1 saturated heterocycles. The van der Waals surface area contributed by atoms with E-state index in [1.54, 1.807) is 20.8 Å². The van der Waals surface area contributed by atoms with Gasteiger partial charge in [0.05, 0.1) is 12.5 Å². The lowest BCUT2D eigenvalue weighted by molar-refractivity contribution is -0.160. The molecular formula is C31H55N5O7. The number of ether oxygens (including phenoxy) is 1. The van der Waals surface area contributed by atoms with Crippen LogP contribution < -0.4 is 26.6 Å². The van der Waals surface area contributed by atoms with E-state index >= 15 is 0 Å². The van der Waals surface area contributed by atoms with Gasteiger partial charge in [0.1, 0.15) is 30.3 Å². The molecule has 0 radical (unpaired) electrons. The van der Waals surface area contributed by atoms with Crippen molar-refractivity contribution in [3.05, 3.63) is 0 Å². The summed E-state index contributed by atoms with van der Waals surface area (Å²) < 4.78 is 5.83. The molecule has 12 nitrogen and oxygen atoms in total. The van der Waals surface area contributed by atoms with Gasteiger partial charge < -0.3 is 31.3 Å². The number of amides is 5. The Morgan fingerprint density at radius 1 is 0.744 bits per heavy atom. The first-order valence-electron chi connectivity index (χ1n) is 15.8. The average molecular weight is 610 g/mol. The Bertz CT molecular complexity index is 970. The highest BCUT2D eigenvalue weighted by molar-refractivity contribution is 5.95. The number of cyclic esters (lactones) is 1. The van der Waals surface area contributed by atoms with Crippen LogP contribution in [0.15, 0.2) is 0 Å². The summed E-state index contributed by atoms with van der Waals surface area (Å²) in [5, 5.41) is 13.2. The van der Waals surface area contributed by atoms with Crippen molar-refractivity contribution < 1.29 is 33.5 Å². The Morgan fingerprint density at radius 2 is 1.37 bits per heavy atom. The van der Waals surface area contributed by atoms with Crippen LogP contribution in [0.1, 0.15) is 101 Å². The van der Waals surface area contributed by atoms with Gasteiger partial charge >= 0.3 is 5.97 Å². The Labute approximate surface area is 257 Å². The molecule has 5 N–H and O–H groups in total. The zero-order chi connectivity index (χ0) is 32.9. The molecule has 1 unspecified atom stereocenters. The van der Waals surface area contributed by atoms with E-state index in [0.29, 0.717) is 6.42 Å². The molecular weight excluding hydrogens is 554 g/mol. The standard InChI is InChI=1S/C31H55N5O7/c1-10-11-12-13-14-19(6)26-20(7)27(38)32-16-24(37)36-25(18(4)5)30(41)35-23(15-17(2)3)29(40)33-21(8)28(39)34-22(9)31(42)43-26/h17-23,25-26H,10-16H2,1-9H3,(H,32,38)(H,33,40)(H,34,39)(H,35,41)(H,36,37)/t19-,20+,21-,22-,23-,25-,26?/m0/s1. The first kappa shape index (κ1) is 37.8. The summed E-state index contributed by atoms with van der Waals surface area (Å²) in [6, 6.07) is -4.01. The molecule has 0 bridgehead atoms. The maximum absolute atomic E-state index is 13.2. The van der Waals surface area contributed by atoms with Gasteiger partial charge in [-0.15, -0.1) is 0 Å². The Morgan fingerprint density at radius 3 is 1.95 bits per heavy atom. The van der Waals surface area contributed by atoms with Crippen molar-refractivity contribution in [3.8, 4) is 0 Å². The van der Waals surface area contributed by atoms with Crippen LogP contribution in [0.25, 0.3) is 0 Å². The van der Waals surface area contributed by atoms with Crippen molar-refractivity contribution in [3.63, 3.8) is 0 Å². The van der Waals surface area contributed by atoms with Crippen molar-refractivity contribution in [1.29, 1.82) is 0 Å². The minimum absolute atomic E-state index is 0.0304. The lowest BCUT2D eigenvalue weighted by Crippen LogP contribution is -2.58. The molecule has 7 atom stereocenters. The van der Waals surface area contributed by atoms with Gasteiger partial charge in [-0.2, -0.15) is 0 Å². The molecule has 0 aromatic carbocycles. The van der Waals surface area contributed by atoms with Crippen molar-refractivity contribution in [2.45, 2.75) is 131 Å². The van der Waals surface area contributed by atoms with Gasteiger partial charge in [0.15, 0.2) is 0 Å². The largest absolute Gasteiger partial charge is 0.460 e. The summed E-state index contributed by atoms with van der Waals surface area (Å²) in [5.74, 6) is -4.73. The van der Waals surface area contributed by atoms with Gasteiger partial charge in [0.2, 0.25) is 29.5 Å². The Kier molecular flexibility index (Phi) is 16.3. The summed E-state index contributed by atoms with van der Waals surface area (Å²) in [7, 11) is 0. The lowest BCUT2D eigenvalue weighted by Gasteiger charge is -2.30. The molecule has 1 aliphatic rings. The molecule has 1 fully saturated rings. The summed E-state index contributed by atoms with van der Waals surface area (Å²) >= 11 is 0. The third-order valence-corrected chi connectivity index (χ3v) is 7.73. The molecule has 43 heavy (non-hydrogen) atoms. The fourth-order valence-corrected chi connectivity index (χ4v) is 4.98. The van der Waals surface area contributed by atoms with E-state index in [1.807, 2.05) is 20.8 Å². The van der Waals surface area contributed by atoms with E-state index in [-0.39, 0.29) is 24.3 Å². The molecule has 246 valence electrons. The molecule has 0 spiro atoms. The molecule has 1 aliphatic heterocycles. The lowest BCUT2D eigenvalue weighted by atomic mass is 9.88. The minimum atomic E-state index is -1.05. The SMILES string of the molecule is CCCCCC[C@H](C)C1OC(=O)[C@H](C)NC(=O)[C@H](C)NC(=O)[C@H](CC(C)C)NC(=O)[C@H](C(C)C)NC(=O)CNC(=O)[C@@H]1C. The zero-order valence-corrected chi connectivity index (χ0v) is 27.5. The van der Waals surface area contributed by atoms with Crippen molar-refractivity contribution in [2.24, 2.45) is 23.7 Å². The van der Waals surface area contributed by atoms with E-state index in [4.69, 9.17) is 4.74 Å². The molecule has 0 aliphatic carbocycles. The number of hydrogen-bond acceptors (Lipinski definition) is 7. The predicted molar refractivity (Wildman–Crippen MR) is 163 cm³/mol. The van der Waals surface area contributed by atoms with Gasteiger partial charge in [-0.05, 0) is 44.4 Å². The van der Waals surface area contributed by atoms with Crippen LogP contribution in [-0.2, 0) is 33.5 Å². The van der Waals surface area contributed by atoms with E-state index in [0.717, 1.165) is 32.1 Å². The molecule has 1 rings (SSSR count). The van der Waals surface area contributed by atoms with Crippen LogP contribution in [0.5, 0.6) is 0 Å². The third kappa shape index (κ3) is 12.9. The smallest absolute Gasteiger partial charge is 0.328 e. The number of nitrogens with one attached hydrogen (secondary N) is 5. The van der Waals surface area contributed by atoms with Crippen LogP contribution in [0.4, 0.5) is 0 Å². The highest BCUT2D eigenvalue weighted by atomic mass is 16.5. The number of esters is 1. The van der Waals surface area contributed by atoms with E-state index in [9.17, 15) is 28.8 Å². The van der Waals surface area contributed by atoms with Gasteiger partial charge in [0.25, 0.3) is 0 Å². The van der Waals surface area contributed by atoms with Gasteiger partial charge in [-0.1, -0.05) is 74.1 Å².